The monoisotopic (exact) mass is 225 g/mol. The molecule has 0 saturated heterocycles. The Kier molecular flexibility index (Phi) is 2.90. The molecule has 0 aliphatic rings. The van der Waals surface area contributed by atoms with E-state index in [9.17, 15) is 4.39 Å². The number of rotatable bonds is 2. The van der Waals surface area contributed by atoms with Crippen LogP contribution in [0.25, 0.3) is 10.6 Å². The van der Waals surface area contributed by atoms with Crippen LogP contribution in [0, 0.1) is 5.82 Å². The number of halogens is 1. The van der Waals surface area contributed by atoms with Crippen LogP contribution in [-0.4, -0.2) is 11.6 Å². The van der Waals surface area contributed by atoms with Crippen molar-refractivity contribution in [2.24, 2.45) is 0 Å². The Morgan fingerprint density at radius 1 is 1.43 bits per heavy atom. The van der Waals surface area contributed by atoms with Crippen molar-refractivity contribution in [2.75, 3.05) is 6.66 Å². The molecule has 0 radical (unpaired) electrons. The summed E-state index contributed by atoms with van der Waals surface area (Å²) < 4.78 is 12.9. The number of nitrogens with zero attached hydrogens (tertiary/aromatic N) is 1. The maximum Gasteiger partial charge on any atom is 0.124 e. The summed E-state index contributed by atoms with van der Waals surface area (Å²) in [5, 5.41) is 2.92. The minimum Gasteiger partial charge on any atom is -0.237 e. The van der Waals surface area contributed by atoms with E-state index in [1.54, 1.807) is 17.4 Å². The molecule has 1 heterocycles. The predicted molar refractivity (Wildman–Crippen MR) is 61.4 cm³/mol. The van der Waals surface area contributed by atoms with Crippen LogP contribution in [0.3, 0.4) is 0 Å². The Labute approximate surface area is 87.8 Å². The number of hydrogen-bond donors (Lipinski definition) is 0. The molecule has 1 unspecified atom stereocenters. The van der Waals surface area contributed by atoms with Crippen LogP contribution < -0.4 is 5.44 Å². The fraction of sp³-hybridized carbons (Fsp3) is 0.100. The number of hydrogen-bond acceptors (Lipinski definition) is 2. The highest BCUT2D eigenvalue weighted by Crippen LogP contribution is 2.23. The molecule has 2 rings (SSSR count). The summed E-state index contributed by atoms with van der Waals surface area (Å²) in [6, 6.07) is 6.55. The Bertz CT molecular complexity index is 441. The molecule has 0 saturated carbocycles. The van der Waals surface area contributed by atoms with E-state index < -0.39 is 0 Å². The van der Waals surface area contributed by atoms with Crippen molar-refractivity contribution in [1.29, 1.82) is 0 Å². The molecule has 0 fully saturated rings. The highest BCUT2D eigenvalue weighted by Gasteiger charge is 2.03. The largest absolute Gasteiger partial charge is 0.237 e. The smallest absolute Gasteiger partial charge is 0.124 e. The van der Waals surface area contributed by atoms with Gasteiger partial charge in [-0.2, -0.15) is 0 Å². The van der Waals surface area contributed by atoms with E-state index in [4.69, 9.17) is 0 Å². The molecule has 1 aromatic carbocycles. The quantitative estimate of drug-likeness (QED) is 0.716. The number of thiazole rings is 1. The van der Waals surface area contributed by atoms with Gasteiger partial charge in [0.25, 0.3) is 0 Å². The molecule has 1 aromatic heterocycles. The molecule has 0 aliphatic heterocycles. The van der Waals surface area contributed by atoms with Gasteiger partial charge >= 0.3 is 0 Å². The molecule has 0 amide bonds. The van der Waals surface area contributed by atoms with E-state index in [0.717, 1.165) is 16.0 Å². The van der Waals surface area contributed by atoms with E-state index in [1.165, 1.54) is 12.1 Å². The summed E-state index contributed by atoms with van der Waals surface area (Å²) in [5.41, 5.74) is 1.95. The summed E-state index contributed by atoms with van der Waals surface area (Å²) >= 11 is 1.57. The normalized spacial score (nSPS) is 11.3. The minimum atomic E-state index is -0.210. The third kappa shape index (κ3) is 1.99. The van der Waals surface area contributed by atoms with Gasteiger partial charge in [0.05, 0.1) is 5.44 Å². The lowest BCUT2D eigenvalue weighted by atomic mass is 10.2. The van der Waals surface area contributed by atoms with E-state index in [1.807, 2.05) is 11.4 Å². The van der Waals surface area contributed by atoms with E-state index in [-0.39, 0.29) is 5.82 Å². The zero-order chi connectivity index (χ0) is 9.97. The second kappa shape index (κ2) is 4.16. The van der Waals surface area contributed by atoms with Crippen molar-refractivity contribution in [1.82, 2.24) is 4.98 Å². The standard InChI is InChI=1S/C10H9FNPS/c1-13-9-6-14-10(12-9)7-3-2-4-8(11)5-7/h2-6,13H,1H3. The third-order valence-corrected chi connectivity index (χ3v) is 3.70. The van der Waals surface area contributed by atoms with Crippen molar-refractivity contribution in [3.63, 3.8) is 0 Å². The van der Waals surface area contributed by atoms with Gasteiger partial charge in [-0.1, -0.05) is 20.7 Å². The highest BCUT2D eigenvalue weighted by molar-refractivity contribution is 7.46. The molecular weight excluding hydrogens is 216 g/mol. The summed E-state index contributed by atoms with van der Waals surface area (Å²) in [7, 11) is 0.699. The summed E-state index contributed by atoms with van der Waals surface area (Å²) in [6.07, 6.45) is 0. The first-order chi connectivity index (χ1) is 6.79. The lowest BCUT2D eigenvalue weighted by Gasteiger charge is -1.95. The summed E-state index contributed by atoms with van der Waals surface area (Å²) in [6.45, 7) is 2.09. The van der Waals surface area contributed by atoms with Gasteiger partial charge < -0.3 is 0 Å². The van der Waals surface area contributed by atoms with Crippen molar-refractivity contribution in [3.05, 3.63) is 35.5 Å². The first-order valence-electron chi connectivity index (χ1n) is 4.19. The van der Waals surface area contributed by atoms with E-state index >= 15 is 0 Å². The Hall–Kier alpha value is -0.790. The Morgan fingerprint density at radius 2 is 2.29 bits per heavy atom. The average molecular weight is 225 g/mol. The molecule has 1 atom stereocenters. The molecule has 72 valence electrons. The highest BCUT2D eigenvalue weighted by atomic mass is 32.1. The van der Waals surface area contributed by atoms with Gasteiger partial charge in [-0.25, -0.2) is 9.37 Å². The maximum absolute atomic E-state index is 12.9. The summed E-state index contributed by atoms with van der Waals surface area (Å²) in [4.78, 5) is 4.40. The van der Waals surface area contributed by atoms with Gasteiger partial charge in [-0.3, -0.25) is 0 Å². The van der Waals surface area contributed by atoms with Crippen LogP contribution in [0.2, 0.25) is 0 Å². The lowest BCUT2D eigenvalue weighted by molar-refractivity contribution is 0.628. The Morgan fingerprint density at radius 3 is 2.93 bits per heavy atom. The first kappa shape index (κ1) is 9.75. The summed E-state index contributed by atoms with van der Waals surface area (Å²) in [5.74, 6) is -0.210. The molecule has 0 bridgehead atoms. The molecule has 2 aromatic rings. The van der Waals surface area contributed by atoms with Crippen molar-refractivity contribution >= 4 is 25.4 Å². The fourth-order valence-electron chi connectivity index (χ4n) is 1.14. The van der Waals surface area contributed by atoms with Crippen LogP contribution in [0.5, 0.6) is 0 Å². The van der Waals surface area contributed by atoms with Crippen LogP contribution in [0.4, 0.5) is 4.39 Å². The second-order valence-electron chi connectivity index (χ2n) is 2.80. The SMILES string of the molecule is CPc1csc(-c2cccc(F)c2)n1. The van der Waals surface area contributed by atoms with Crippen LogP contribution >= 0.6 is 19.9 Å². The van der Waals surface area contributed by atoms with Gasteiger partial charge in [0.1, 0.15) is 10.8 Å². The molecule has 4 heteroatoms. The van der Waals surface area contributed by atoms with E-state index in [2.05, 4.69) is 11.6 Å². The Balaban J connectivity index is 2.39. The zero-order valence-corrected chi connectivity index (χ0v) is 9.44. The van der Waals surface area contributed by atoms with Gasteiger partial charge in [-0.05, 0) is 18.8 Å². The van der Waals surface area contributed by atoms with Gasteiger partial charge in [0, 0.05) is 10.9 Å². The molecule has 14 heavy (non-hydrogen) atoms. The van der Waals surface area contributed by atoms with Gasteiger partial charge in [0.2, 0.25) is 0 Å². The van der Waals surface area contributed by atoms with Crippen LogP contribution in [-0.2, 0) is 0 Å². The average Bonchev–Trinajstić information content (AvgIpc) is 2.66. The van der Waals surface area contributed by atoms with Gasteiger partial charge in [0.15, 0.2) is 0 Å². The van der Waals surface area contributed by atoms with Crippen molar-refractivity contribution < 1.29 is 4.39 Å². The van der Waals surface area contributed by atoms with Crippen LogP contribution in [0.15, 0.2) is 29.6 Å². The number of aromatic nitrogens is 1. The topological polar surface area (TPSA) is 12.9 Å². The van der Waals surface area contributed by atoms with Crippen molar-refractivity contribution in [3.8, 4) is 10.6 Å². The zero-order valence-electron chi connectivity index (χ0n) is 7.62. The first-order valence-corrected chi connectivity index (χ1v) is 6.57. The van der Waals surface area contributed by atoms with Crippen LogP contribution in [0.1, 0.15) is 0 Å². The predicted octanol–water partition coefficient (Wildman–Crippen LogP) is 2.88. The molecule has 0 spiro atoms. The maximum atomic E-state index is 12.9. The van der Waals surface area contributed by atoms with Gasteiger partial charge in [-0.15, -0.1) is 11.3 Å². The molecule has 1 nitrogen and oxygen atoms in total. The van der Waals surface area contributed by atoms with E-state index in [0.29, 0.717) is 8.58 Å². The third-order valence-electron chi connectivity index (χ3n) is 1.83. The van der Waals surface area contributed by atoms with Crippen molar-refractivity contribution in [2.45, 2.75) is 0 Å². The fourth-order valence-corrected chi connectivity index (χ4v) is 2.79. The molecule has 0 aliphatic carbocycles. The lowest BCUT2D eigenvalue weighted by Crippen LogP contribution is -1.92. The molecular formula is C10H9FNPS. The number of benzene rings is 1. The second-order valence-corrected chi connectivity index (χ2v) is 4.67. The molecule has 0 N–H and O–H groups in total. The minimum absolute atomic E-state index is 0.210.